The van der Waals surface area contributed by atoms with E-state index < -0.39 is 0 Å². The van der Waals surface area contributed by atoms with E-state index in [0.29, 0.717) is 13.1 Å². The third-order valence-corrected chi connectivity index (χ3v) is 5.00. The summed E-state index contributed by atoms with van der Waals surface area (Å²) in [6.45, 7) is 4.95. The molecule has 0 saturated carbocycles. The van der Waals surface area contributed by atoms with Crippen molar-refractivity contribution in [2.24, 2.45) is 0 Å². The maximum Gasteiger partial charge on any atom is 0.266 e. The van der Waals surface area contributed by atoms with Gasteiger partial charge in [0.15, 0.2) is 0 Å². The van der Waals surface area contributed by atoms with Gasteiger partial charge in [0.2, 0.25) is 0 Å². The summed E-state index contributed by atoms with van der Waals surface area (Å²) in [5.41, 5.74) is 3.17. The minimum atomic E-state index is -0.268. The zero-order valence-electron chi connectivity index (χ0n) is 18.0. The lowest BCUT2D eigenvalue weighted by Gasteiger charge is -2.28. The van der Waals surface area contributed by atoms with Crippen LogP contribution in [0, 0.1) is 11.3 Å². The molecule has 1 amide bonds. The first-order valence-electron chi connectivity index (χ1n) is 10.4. The Kier molecular flexibility index (Phi) is 7.61. The molecule has 156 valence electrons. The van der Waals surface area contributed by atoms with Gasteiger partial charge >= 0.3 is 0 Å². The number of anilines is 1. The predicted molar refractivity (Wildman–Crippen MR) is 125 cm³/mol. The van der Waals surface area contributed by atoms with Crippen molar-refractivity contribution in [3.05, 3.63) is 114 Å². The van der Waals surface area contributed by atoms with Crippen molar-refractivity contribution in [2.45, 2.75) is 33.0 Å². The lowest BCUT2D eigenvalue weighted by molar-refractivity contribution is -0.129. The van der Waals surface area contributed by atoms with E-state index in [4.69, 9.17) is 0 Å². The van der Waals surface area contributed by atoms with Crippen molar-refractivity contribution >= 4 is 11.6 Å². The van der Waals surface area contributed by atoms with Gasteiger partial charge in [-0.15, -0.1) is 0 Å². The SMILES string of the molecule is CC(C)N(Cc1ccccc1)C(=O)/C(C#N)=C\N(Cc1ccccc1)c1ccccc1. The van der Waals surface area contributed by atoms with Crippen molar-refractivity contribution in [1.29, 1.82) is 5.26 Å². The monoisotopic (exact) mass is 409 g/mol. The molecule has 0 unspecified atom stereocenters. The minimum absolute atomic E-state index is 0.0382. The molecule has 0 bridgehead atoms. The summed E-state index contributed by atoms with van der Waals surface area (Å²) < 4.78 is 0. The molecule has 4 heteroatoms. The van der Waals surface area contributed by atoms with Crippen LogP contribution >= 0.6 is 0 Å². The van der Waals surface area contributed by atoms with E-state index in [1.54, 1.807) is 11.1 Å². The van der Waals surface area contributed by atoms with Crippen LogP contribution in [0.25, 0.3) is 0 Å². The van der Waals surface area contributed by atoms with Gasteiger partial charge in [-0.2, -0.15) is 5.26 Å². The number of amides is 1. The number of nitriles is 1. The van der Waals surface area contributed by atoms with E-state index >= 15 is 0 Å². The smallest absolute Gasteiger partial charge is 0.266 e. The number of carbonyl (C=O) groups excluding carboxylic acids is 1. The fraction of sp³-hybridized carbons (Fsp3) is 0.185. The lowest BCUT2D eigenvalue weighted by atomic mass is 10.1. The second-order valence-electron chi connectivity index (χ2n) is 7.62. The van der Waals surface area contributed by atoms with Crippen LogP contribution in [-0.4, -0.2) is 16.8 Å². The highest BCUT2D eigenvalue weighted by Gasteiger charge is 2.22. The van der Waals surface area contributed by atoms with Gasteiger partial charge in [0.1, 0.15) is 11.6 Å². The van der Waals surface area contributed by atoms with Gasteiger partial charge in [-0.1, -0.05) is 78.9 Å². The highest BCUT2D eigenvalue weighted by molar-refractivity contribution is 5.97. The Morgan fingerprint density at radius 1 is 0.839 bits per heavy atom. The standard InChI is InChI=1S/C27H27N3O/c1-22(2)30(20-24-14-8-4-9-15-24)27(31)25(18-28)21-29(26-16-10-5-11-17-26)19-23-12-6-3-7-13-23/h3-17,21-22H,19-20H2,1-2H3/b25-21-. The number of hydrogen-bond acceptors (Lipinski definition) is 3. The summed E-state index contributed by atoms with van der Waals surface area (Å²) >= 11 is 0. The molecule has 0 aliphatic heterocycles. The van der Waals surface area contributed by atoms with E-state index in [-0.39, 0.29) is 17.5 Å². The largest absolute Gasteiger partial charge is 0.342 e. The average molecular weight is 410 g/mol. The van der Waals surface area contributed by atoms with E-state index in [1.807, 2.05) is 110 Å². The van der Waals surface area contributed by atoms with Crippen LogP contribution in [0.5, 0.6) is 0 Å². The van der Waals surface area contributed by atoms with Crippen LogP contribution < -0.4 is 4.90 Å². The predicted octanol–water partition coefficient (Wildman–Crippen LogP) is 5.54. The molecular formula is C27H27N3O. The van der Waals surface area contributed by atoms with Crippen molar-refractivity contribution in [2.75, 3.05) is 4.90 Å². The fourth-order valence-electron chi connectivity index (χ4n) is 3.32. The molecule has 0 spiro atoms. The number of hydrogen-bond donors (Lipinski definition) is 0. The lowest BCUT2D eigenvalue weighted by Crippen LogP contribution is -2.37. The Labute approximate surface area is 184 Å². The first kappa shape index (κ1) is 21.9. The minimum Gasteiger partial charge on any atom is -0.342 e. The van der Waals surface area contributed by atoms with Gasteiger partial charge in [0, 0.05) is 31.0 Å². The van der Waals surface area contributed by atoms with Gasteiger partial charge in [-0.25, -0.2) is 0 Å². The Bertz CT molecular complexity index is 1040. The summed E-state index contributed by atoms with van der Waals surface area (Å²) in [6.07, 6.45) is 1.67. The molecule has 3 rings (SSSR count). The molecule has 0 radical (unpaired) electrons. The summed E-state index contributed by atoms with van der Waals surface area (Å²) in [5.74, 6) is -0.268. The maximum atomic E-state index is 13.3. The number of nitrogens with zero attached hydrogens (tertiary/aromatic N) is 3. The highest BCUT2D eigenvalue weighted by Crippen LogP contribution is 2.20. The number of rotatable bonds is 8. The normalized spacial score (nSPS) is 11.1. The van der Waals surface area contributed by atoms with Crippen LogP contribution in [0.4, 0.5) is 5.69 Å². The summed E-state index contributed by atoms with van der Waals surface area (Å²) in [7, 11) is 0. The van der Waals surface area contributed by atoms with Gasteiger partial charge < -0.3 is 9.80 Å². The molecule has 0 fully saturated rings. The van der Waals surface area contributed by atoms with Gasteiger partial charge in [0.25, 0.3) is 5.91 Å². The van der Waals surface area contributed by atoms with E-state index in [2.05, 4.69) is 6.07 Å². The van der Waals surface area contributed by atoms with Crippen LogP contribution in [-0.2, 0) is 17.9 Å². The molecule has 0 aliphatic carbocycles. The molecule has 3 aromatic carbocycles. The van der Waals surface area contributed by atoms with Crippen molar-refractivity contribution in [1.82, 2.24) is 4.90 Å². The molecule has 31 heavy (non-hydrogen) atoms. The van der Waals surface area contributed by atoms with Crippen molar-refractivity contribution in [3.8, 4) is 6.07 Å². The van der Waals surface area contributed by atoms with Crippen LogP contribution in [0.15, 0.2) is 103 Å². The third kappa shape index (κ3) is 6.07. The van der Waals surface area contributed by atoms with Gasteiger partial charge in [-0.05, 0) is 37.1 Å². The molecule has 3 aromatic rings. The third-order valence-electron chi connectivity index (χ3n) is 5.00. The summed E-state index contributed by atoms with van der Waals surface area (Å²) in [4.78, 5) is 17.0. The molecule has 0 N–H and O–H groups in total. The zero-order valence-corrected chi connectivity index (χ0v) is 18.0. The molecule has 0 heterocycles. The maximum absolute atomic E-state index is 13.3. The van der Waals surface area contributed by atoms with E-state index in [0.717, 1.165) is 16.8 Å². The average Bonchev–Trinajstić information content (AvgIpc) is 2.81. The highest BCUT2D eigenvalue weighted by atomic mass is 16.2. The van der Waals surface area contributed by atoms with E-state index in [1.165, 1.54) is 0 Å². The Morgan fingerprint density at radius 3 is 1.81 bits per heavy atom. The first-order valence-corrected chi connectivity index (χ1v) is 10.4. The molecule has 0 atom stereocenters. The van der Waals surface area contributed by atoms with E-state index in [9.17, 15) is 10.1 Å². The fourth-order valence-corrected chi connectivity index (χ4v) is 3.32. The summed E-state index contributed by atoms with van der Waals surface area (Å²) in [5, 5.41) is 9.86. The molecule has 4 nitrogen and oxygen atoms in total. The Hall–Kier alpha value is -3.84. The molecular weight excluding hydrogens is 382 g/mol. The second kappa shape index (κ2) is 10.8. The quantitative estimate of drug-likeness (QED) is 0.363. The van der Waals surface area contributed by atoms with Gasteiger partial charge in [-0.3, -0.25) is 4.79 Å². The zero-order chi connectivity index (χ0) is 22.1. The number of benzene rings is 3. The Morgan fingerprint density at radius 2 is 1.32 bits per heavy atom. The first-order chi connectivity index (χ1) is 15.1. The van der Waals surface area contributed by atoms with Crippen LogP contribution in [0.1, 0.15) is 25.0 Å². The molecule has 0 saturated heterocycles. The van der Waals surface area contributed by atoms with Gasteiger partial charge in [0.05, 0.1) is 0 Å². The number of para-hydroxylation sites is 1. The topological polar surface area (TPSA) is 47.3 Å². The molecule has 0 aromatic heterocycles. The van der Waals surface area contributed by atoms with Crippen molar-refractivity contribution in [3.63, 3.8) is 0 Å². The second-order valence-corrected chi connectivity index (χ2v) is 7.62. The molecule has 0 aliphatic rings. The van der Waals surface area contributed by atoms with Crippen molar-refractivity contribution < 1.29 is 4.79 Å². The summed E-state index contributed by atoms with van der Waals surface area (Å²) in [6, 6.07) is 31.8. The van der Waals surface area contributed by atoms with Crippen LogP contribution in [0.3, 0.4) is 0 Å². The van der Waals surface area contributed by atoms with Crippen LogP contribution in [0.2, 0.25) is 0 Å². The Balaban J connectivity index is 1.92. The number of carbonyl (C=O) groups is 1.